The summed E-state index contributed by atoms with van der Waals surface area (Å²) in [6, 6.07) is 3.12. The van der Waals surface area contributed by atoms with Crippen LogP contribution in [0.4, 0.5) is 14.5 Å². The molecule has 1 N–H and O–H groups in total. The van der Waals surface area contributed by atoms with E-state index in [0.29, 0.717) is 24.6 Å². The van der Waals surface area contributed by atoms with Crippen molar-refractivity contribution in [3.05, 3.63) is 33.9 Å². The van der Waals surface area contributed by atoms with Crippen molar-refractivity contribution in [1.82, 2.24) is 5.32 Å². The van der Waals surface area contributed by atoms with Crippen molar-refractivity contribution >= 4 is 5.69 Å². The van der Waals surface area contributed by atoms with E-state index < -0.39 is 34.0 Å². The van der Waals surface area contributed by atoms with Gasteiger partial charge in [0.25, 0.3) is 0 Å². The molecule has 112 valence electrons. The van der Waals surface area contributed by atoms with Gasteiger partial charge in [0, 0.05) is 18.5 Å². The number of rotatable bonds is 7. The van der Waals surface area contributed by atoms with Crippen LogP contribution in [0, 0.1) is 33.1 Å². The molecule has 0 bridgehead atoms. The molecule has 0 spiro atoms. The Bertz CT molecular complexity index is 585. The molecule has 0 amide bonds. The van der Waals surface area contributed by atoms with E-state index in [2.05, 4.69) is 11.4 Å². The number of nitrogens with one attached hydrogen (secondary N) is 1. The number of hydrogen-bond donors (Lipinski definition) is 1. The minimum atomic E-state index is -1.16. The summed E-state index contributed by atoms with van der Waals surface area (Å²) in [6.45, 7) is 0.00607. The fraction of sp³-hybridized carbons (Fsp3) is 0.462. The summed E-state index contributed by atoms with van der Waals surface area (Å²) in [7, 11) is 0. The van der Waals surface area contributed by atoms with Crippen LogP contribution in [0.1, 0.15) is 19.3 Å². The molecule has 1 aromatic carbocycles. The number of nitro groups is 1. The van der Waals surface area contributed by atoms with Gasteiger partial charge < -0.3 is 4.74 Å². The van der Waals surface area contributed by atoms with E-state index in [9.17, 15) is 18.9 Å². The molecular weight excluding hydrogens is 284 g/mol. The van der Waals surface area contributed by atoms with E-state index in [1.807, 2.05) is 0 Å². The second kappa shape index (κ2) is 6.45. The molecule has 1 unspecified atom stereocenters. The van der Waals surface area contributed by atoms with Crippen LogP contribution in [-0.2, 0) is 0 Å². The molecule has 0 heterocycles. The van der Waals surface area contributed by atoms with Crippen molar-refractivity contribution in [2.75, 3.05) is 6.61 Å². The van der Waals surface area contributed by atoms with Crippen molar-refractivity contribution in [3.63, 3.8) is 0 Å². The van der Waals surface area contributed by atoms with E-state index in [-0.39, 0.29) is 6.61 Å². The SMILES string of the molecule is N#CC(CCOc1cc(F)c([N+](=O)[O-])cc1F)NC1CC1. The Balaban J connectivity index is 1.92. The monoisotopic (exact) mass is 297 g/mol. The lowest BCUT2D eigenvalue weighted by molar-refractivity contribution is -0.387. The van der Waals surface area contributed by atoms with Gasteiger partial charge in [-0.2, -0.15) is 9.65 Å². The zero-order chi connectivity index (χ0) is 15.4. The number of ether oxygens (including phenoxy) is 1. The molecule has 0 saturated heterocycles. The maximum Gasteiger partial charge on any atom is 0.307 e. The van der Waals surface area contributed by atoms with Crippen LogP contribution in [0.15, 0.2) is 12.1 Å². The molecule has 1 atom stereocenters. The van der Waals surface area contributed by atoms with Crippen molar-refractivity contribution < 1.29 is 18.4 Å². The predicted octanol–water partition coefficient (Wildman–Crippen LogP) is 2.29. The highest BCUT2D eigenvalue weighted by atomic mass is 19.1. The number of hydrogen-bond acceptors (Lipinski definition) is 5. The molecule has 1 aliphatic carbocycles. The smallest absolute Gasteiger partial charge is 0.307 e. The lowest BCUT2D eigenvalue weighted by atomic mass is 10.2. The predicted molar refractivity (Wildman–Crippen MR) is 68.7 cm³/mol. The van der Waals surface area contributed by atoms with Crippen LogP contribution in [0.3, 0.4) is 0 Å². The fourth-order valence-corrected chi connectivity index (χ4v) is 1.78. The summed E-state index contributed by atoms with van der Waals surface area (Å²) >= 11 is 0. The van der Waals surface area contributed by atoms with Crippen LogP contribution in [0.2, 0.25) is 0 Å². The van der Waals surface area contributed by atoms with Crippen molar-refractivity contribution in [1.29, 1.82) is 5.26 Å². The van der Waals surface area contributed by atoms with Crippen LogP contribution in [0.5, 0.6) is 5.75 Å². The molecule has 0 radical (unpaired) electrons. The number of halogens is 2. The number of nitriles is 1. The van der Waals surface area contributed by atoms with Crippen LogP contribution >= 0.6 is 0 Å². The van der Waals surface area contributed by atoms with Gasteiger partial charge in [-0.1, -0.05) is 0 Å². The highest BCUT2D eigenvalue weighted by Gasteiger charge is 2.24. The Morgan fingerprint density at radius 2 is 2.19 bits per heavy atom. The summed E-state index contributed by atoms with van der Waals surface area (Å²) in [5.41, 5.74) is -0.940. The molecule has 1 aliphatic rings. The molecule has 2 rings (SSSR count). The van der Waals surface area contributed by atoms with Gasteiger partial charge in [-0.05, 0) is 12.8 Å². The number of nitro benzene ring substituents is 1. The van der Waals surface area contributed by atoms with Gasteiger partial charge in [-0.15, -0.1) is 0 Å². The number of benzene rings is 1. The third kappa shape index (κ3) is 4.10. The third-order valence-electron chi connectivity index (χ3n) is 3.03. The molecular formula is C13H13F2N3O3. The van der Waals surface area contributed by atoms with Gasteiger partial charge >= 0.3 is 5.69 Å². The third-order valence-corrected chi connectivity index (χ3v) is 3.03. The molecule has 8 heteroatoms. The van der Waals surface area contributed by atoms with Gasteiger partial charge in [0.2, 0.25) is 5.82 Å². The highest BCUT2D eigenvalue weighted by molar-refractivity contribution is 5.39. The van der Waals surface area contributed by atoms with Gasteiger partial charge in [0.05, 0.1) is 29.7 Å². The molecule has 0 aromatic heterocycles. The maximum atomic E-state index is 13.5. The van der Waals surface area contributed by atoms with E-state index in [1.54, 1.807) is 0 Å². The topological polar surface area (TPSA) is 88.2 Å². The summed E-state index contributed by atoms with van der Waals surface area (Å²) in [5.74, 6) is -2.57. The number of nitrogens with zero attached hydrogens (tertiary/aromatic N) is 2. The van der Waals surface area contributed by atoms with E-state index in [0.717, 1.165) is 12.8 Å². The first-order valence-electron chi connectivity index (χ1n) is 6.43. The van der Waals surface area contributed by atoms with E-state index >= 15 is 0 Å². The molecule has 1 saturated carbocycles. The van der Waals surface area contributed by atoms with Crippen LogP contribution in [0.25, 0.3) is 0 Å². The van der Waals surface area contributed by atoms with Gasteiger partial charge in [0.1, 0.15) is 0 Å². The van der Waals surface area contributed by atoms with Crippen LogP contribution in [-0.4, -0.2) is 23.6 Å². The summed E-state index contributed by atoms with van der Waals surface area (Å²) in [4.78, 5) is 9.44. The average molecular weight is 297 g/mol. The molecule has 21 heavy (non-hydrogen) atoms. The van der Waals surface area contributed by atoms with Gasteiger partial charge in [-0.3, -0.25) is 15.4 Å². The Kier molecular flexibility index (Phi) is 4.65. The summed E-state index contributed by atoms with van der Waals surface area (Å²) < 4.78 is 32.0. The fourth-order valence-electron chi connectivity index (χ4n) is 1.78. The second-order valence-electron chi connectivity index (χ2n) is 4.75. The molecule has 6 nitrogen and oxygen atoms in total. The minimum Gasteiger partial charge on any atom is -0.490 e. The quantitative estimate of drug-likeness (QED) is 0.616. The van der Waals surface area contributed by atoms with Gasteiger partial charge in [-0.25, -0.2) is 4.39 Å². The first-order valence-corrected chi connectivity index (χ1v) is 6.43. The van der Waals surface area contributed by atoms with Crippen molar-refractivity contribution in [2.45, 2.75) is 31.3 Å². The summed E-state index contributed by atoms with van der Waals surface area (Å²) in [6.07, 6.45) is 2.37. The maximum absolute atomic E-state index is 13.5. The first kappa shape index (κ1) is 15.1. The Labute approximate surface area is 119 Å². The Morgan fingerprint density at radius 3 is 2.76 bits per heavy atom. The summed E-state index contributed by atoms with van der Waals surface area (Å²) in [5, 5.41) is 22.4. The van der Waals surface area contributed by atoms with E-state index in [1.165, 1.54) is 0 Å². The largest absolute Gasteiger partial charge is 0.490 e. The highest BCUT2D eigenvalue weighted by Crippen LogP contribution is 2.26. The zero-order valence-corrected chi connectivity index (χ0v) is 11.0. The lowest BCUT2D eigenvalue weighted by Crippen LogP contribution is -2.31. The second-order valence-corrected chi connectivity index (χ2v) is 4.75. The minimum absolute atomic E-state index is 0.00607. The normalized spacial score (nSPS) is 15.3. The first-order chi connectivity index (χ1) is 10.0. The molecule has 1 aromatic rings. The van der Waals surface area contributed by atoms with Gasteiger partial charge in [0.15, 0.2) is 11.6 Å². The van der Waals surface area contributed by atoms with E-state index in [4.69, 9.17) is 10.00 Å². The van der Waals surface area contributed by atoms with Crippen molar-refractivity contribution in [3.8, 4) is 11.8 Å². The molecule has 0 aliphatic heterocycles. The lowest BCUT2D eigenvalue weighted by Gasteiger charge is -2.12. The van der Waals surface area contributed by atoms with Crippen molar-refractivity contribution in [2.24, 2.45) is 0 Å². The zero-order valence-electron chi connectivity index (χ0n) is 11.0. The standard InChI is InChI=1S/C13H13F2N3O3/c14-10-6-13(11(15)5-12(10)18(19)20)21-4-3-9(7-16)17-8-1-2-8/h5-6,8-9,17H,1-4H2. The average Bonchev–Trinajstić information content (AvgIpc) is 3.24. The Morgan fingerprint density at radius 1 is 1.48 bits per heavy atom. The Hall–Kier alpha value is -2.27. The molecule has 1 fully saturated rings. The van der Waals surface area contributed by atoms with Crippen LogP contribution < -0.4 is 10.1 Å².